The number of ether oxygens (including phenoxy) is 1. The van der Waals surface area contributed by atoms with Crippen molar-refractivity contribution in [1.82, 2.24) is 4.90 Å². The average Bonchev–Trinajstić information content (AvgIpc) is 2.73. The molecule has 0 saturated carbocycles. The van der Waals surface area contributed by atoms with Gasteiger partial charge in [-0.05, 0) is 40.0 Å². The van der Waals surface area contributed by atoms with Crippen molar-refractivity contribution >= 4 is 11.9 Å². The summed E-state index contributed by atoms with van der Waals surface area (Å²) in [4.78, 5) is 24.3. The van der Waals surface area contributed by atoms with Crippen LogP contribution in [-0.2, 0) is 14.3 Å². The first kappa shape index (κ1) is 15.0. The molecule has 0 aromatic rings. The highest BCUT2D eigenvalue weighted by atomic mass is 16.5. The van der Waals surface area contributed by atoms with Crippen molar-refractivity contribution in [3.8, 4) is 0 Å². The van der Waals surface area contributed by atoms with Crippen LogP contribution in [-0.4, -0.2) is 46.7 Å². The van der Waals surface area contributed by atoms with Crippen molar-refractivity contribution in [2.24, 2.45) is 0 Å². The maximum atomic E-state index is 12.1. The smallest absolute Gasteiger partial charge is 0.323 e. The van der Waals surface area contributed by atoms with Crippen LogP contribution in [0.1, 0.15) is 46.5 Å². The van der Waals surface area contributed by atoms with E-state index < -0.39 is 11.5 Å². The van der Waals surface area contributed by atoms with Gasteiger partial charge in [0.1, 0.15) is 6.54 Å². The molecule has 1 atom stereocenters. The van der Waals surface area contributed by atoms with E-state index in [2.05, 4.69) is 0 Å². The van der Waals surface area contributed by atoms with Gasteiger partial charge in [-0.15, -0.1) is 0 Å². The highest BCUT2D eigenvalue weighted by Crippen LogP contribution is 2.20. The molecule has 1 heterocycles. The van der Waals surface area contributed by atoms with Gasteiger partial charge < -0.3 is 14.7 Å². The molecule has 5 nitrogen and oxygen atoms in total. The number of carbonyl (C=O) groups excluding carboxylic acids is 1. The number of carboxylic acid groups (broad SMARTS) is 1. The number of rotatable bonds is 5. The summed E-state index contributed by atoms with van der Waals surface area (Å²) in [6.07, 6.45) is 3.26. The van der Waals surface area contributed by atoms with Gasteiger partial charge in [-0.25, -0.2) is 0 Å². The molecule has 1 fully saturated rings. The fourth-order valence-electron chi connectivity index (χ4n) is 2.13. The van der Waals surface area contributed by atoms with Crippen LogP contribution in [0.15, 0.2) is 0 Å². The van der Waals surface area contributed by atoms with Crippen LogP contribution >= 0.6 is 0 Å². The maximum absolute atomic E-state index is 12.1. The molecule has 1 aliphatic heterocycles. The Hall–Kier alpha value is -1.10. The Labute approximate surface area is 108 Å². The van der Waals surface area contributed by atoms with Gasteiger partial charge in [0.05, 0.1) is 6.10 Å². The third-order valence-corrected chi connectivity index (χ3v) is 3.11. The normalized spacial score (nSPS) is 19.8. The van der Waals surface area contributed by atoms with E-state index in [-0.39, 0.29) is 18.6 Å². The van der Waals surface area contributed by atoms with Gasteiger partial charge in [-0.3, -0.25) is 9.59 Å². The minimum absolute atomic E-state index is 0.111. The maximum Gasteiger partial charge on any atom is 0.323 e. The largest absolute Gasteiger partial charge is 0.480 e. The van der Waals surface area contributed by atoms with Gasteiger partial charge in [-0.2, -0.15) is 0 Å². The first-order valence-corrected chi connectivity index (χ1v) is 6.44. The lowest BCUT2D eigenvalue weighted by molar-refractivity contribution is -0.148. The molecule has 0 aliphatic carbocycles. The third kappa shape index (κ3) is 4.64. The van der Waals surface area contributed by atoms with Crippen LogP contribution < -0.4 is 0 Å². The topological polar surface area (TPSA) is 66.8 Å². The Kier molecular flexibility index (Phi) is 5.14. The molecule has 0 aromatic carbocycles. The molecule has 18 heavy (non-hydrogen) atoms. The van der Waals surface area contributed by atoms with Gasteiger partial charge in [0, 0.05) is 18.6 Å². The first-order valence-electron chi connectivity index (χ1n) is 6.44. The molecule has 1 saturated heterocycles. The second-order valence-corrected chi connectivity index (χ2v) is 5.72. The molecule has 104 valence electrons. The molecule has 1 N–H and O–H groups in total. The Morgan fingerprint density at radius 2 is 2.06 bits per heavy atom. The van der Waals surface area contributed by atoms with E-state index in [9.17, 15) is 9.59 Å². The van der Waals surface area contributed by atoms with Crippen LogP contribution in [0.5, 0.6) is 0 Å². The molecular weight excluding hydrogens is 234 g/mol. The van der Waals surface area contributed by atoms with Crippen LogP contribution in [0.25, 0.3) is 0 Å². The average molecular weight is 257 g/mol. The van der Waals surface area contributed by atoms with Crippen molar-refractivity contribution in [2.75, 3.05) is 13.2 Å². The lowest BCUT2D eigenvalue weighted by Gasteiger charge is -2.34. The summed E-state index contributed by atoms with van der Waals surface area (Å²) in [6, 6.07) is 0. The SMILES string of the molecule is CC(C)(C)N(CC(=O)O)C(=O)CCC1CCCO1. The second-order valence-electron chi connectivity index (χ2n) is 5.72. The summed E-state index contributed by atoms with van der Waals surface area (Å²) in [5.41, 5.74) is -0.466. The van der Waals surface area contributed by atoms with E-state index in [1.165, 1.54) is 4.90 Å². The van der Waals surface area contributed by atoms with Crippen LogP contribution in [0, 0.1) is 0 Å². The van der Waals surface area contributed by atoms with E-state index in [1.54, 1.807) is 0 Å². The summed E-state index contributed by atoms with van der Waals surface area (Å²) in [7, 11) is 0. The minimum atomic E-state index is -0.976. The number of hydrogen-bond acceptors (Lipinski definition) is 3. The number of amides is 1. The molecule has 1 aliphatic rings. The van der Waals surface area contributed by atoms with Crippen LogP contribution in [0.4, 0.5) is 0 Å². The first-order chi connectivity index (χ1) is 8.30. The zero-order chi connectivity index (χ0) is 13.8. The molecule has 0 aromatic heterocycles. The summed E-state index contributed by atoms with van der Waals surface area (Å²) in [6.45, 7) is 6.07. The van der Waals surface area contributed by atoms with Crippen LogP contribution in [0.3, 0.4) is 0 Å². The zero-order valence-electron chi connectivity index (χ0n) is 11.4. The lowest BCUT2D eigenvalue weighted by atomic mass is 10.0. The molecule has 0 radical (unpaired) electrons. The molecule has 1 rings (SSSR count). The highest BCUT2D eigenvalue weighted by molar-refractivity contribution is 5.82. The number of carbonyl (C=O) groups is 2. The minimum Gasteiger partial charge on any atom is -0.480 e. The molecule has 5 heteroatoms. The van der Waals surface area contributed by atoms with Gasteiger partial charge >= 0.3 is 5.97 Å². The van der Waals surface area contributed by atoms with E-state index in [0.717, 1.165) is 19.4 Å². The van der Waals surface area contributed by atoms with E-state index >= 15 is 0 Å². The Morgan fingerprint density at radius 1 is 1.39 bits per heavy atom. The quantitative estimate of drug-likeness (QED) is 0.813. The van der Waals surface area contributed by atoms with Crippen molar-refractivity contribution in [1.29, 1.82) is 0 Å². The Bertz CT molecular complexity index is 303. The number of hydrogen-bond donors (Lipinski definition) is 1. The predicted octanol–water partition coefficient (Wildman–Crippen LogP) is 1.66. The van der Waals surface area contributed by atoms with E-state index in [4.69, 9.17) is 9.84 Å². The zero-order valence-corrected chi connectivity index (χ0v) is 11.4. The lowest BCUT2D eigenvalue weighted by Crippen LogP contribution is -2.48. The van der Waals surface area contributed by atoms with E-state index in [0.29, 0.717) is 12.8 Å². The molecular formula is C13H23NO4. The van der Waals surface area contributed by atoms with Crippen molar-refractivity contribution in [2.45, 2.75) is 58.1 Å². The summed E-state index contributed by atoms with van der Waals surface area (Å²) in [5, 5.41) is 8.86. The summed E-state index contributed by atoms with van der Waals surface area (Å²) in [5.74, 6) is -1.09. The Balaban J connectivity index is 2.50. The number of nitrogens with zero attached hydrogens (tertiary/aromatic N) is 1. The fraction of sp³-hybridized carbons (Fsp3) is 0.846. The molecule has 1 amide bonds. The standard InChI is InChI=1S/C13H23NO4/c1-13(2,3)14(9-12(16)17)11(15)7-6-10-5-4-8-18-10/h10H,4-9H2,1-3H3,(H,16,17). The van der Waals surface area contributed by atoms with Crippen LogP contribution in [0.2, 0.25) is 0 Å². The number of carboxylic acids is 1. The fourth-order valence-corrected chi connectivity index (χ4v) is 2.13. The monoisotopic (exact) mass is 257 g/mol. The summed E-state index contributed by atoms with van der Waals surface area (Å²) >= 11 is 0. The van der Waals surface area contributed by atoms with Gasteiger partial charge in [-0.1, -0.05) is 0 Å². The predicted molar refractivity (Wildman–Crippen MR) is 67.3 cm³/mol. The van der Waals surface area contributed by atoms with E-state index in [1.807, 2.05) is 20.8 Å². The summed E-state index contributed by atoms with van der Waals surface area (Å²) < 4.78 is 5.46. The van der Waals surface area contributed by atoms with Gasteiger partial charge in [0.25, 0.3) is 0 Å². The highest BCUT2D eigenvalue weighted by Gasteiger charge is 2.28. The van der Waals surface area contributed by atoms with Crippen molar-refractivity contribution in [3.05, 3.63) is 0 Å². The van der Waals surface area contributed by atoms with Gasteiger partial charge in [0.15, 0.2) is 0 Å². The molecule has 0 spiro atoms. The second kappa shape index (κ2) is 6.18. The van der Waals surface area contributed by atoms with Gasteiger partial charge in [0.2, 0.25) is 5.91 Å². The molecule has 0 bridgehead atoms. The van der Waals surface area contributed by atoms with Crippen molar-refractivity contribution < 1.29 is 19.4 Å². The number of aliphatic carboxylic acids is 1. The Morgan fingerprint density at radius 3 is 2.50 bits per heavy atom. The third-order valence-electron chi connectivity index (χ3n) is 3.11. The molecule has 1 unspecified atom stereocenters. The van der Waals surface area contributed by atoms with Crippen molar-refractivity contribution in [3.63, 3.8) is 0 Å².